The van der Waals surface area contributed by atoms with E-state index in [-0.39, 0.29) is 5.69 Å². The minimum absolute atomic E-state index is 0.0814. The summed E-state index contributed by atoms with van der Waals surface area (Å²) in [5, 5.41) is 20.9. The van der Waals surface area contributed by atoms with Crippen LogP contribution in [0.1, 0.15) is 21.7 Å². The molecular formula is C15H11N3O2. The summed E-state index contributed by atoms with van der Waals surface area (Å²) in [6.07, 6.45) is 3.45. The molecule has 0 saturated heterocycles. The lowest BCUT2D eigenvalue weighted by Gasteiger charge is -1.98. The summed E-state index contributed by atoms with van der Waals surface area (Å²) in [4.78, 5) is 10.9. The zero-order valence-corrected chi connectivity index (χ0v) is 10.4. The van der Waals surface area contributed by atoms with E-state index in [0.29, 0.717) is 5.69 Å². The summed E-state index contributed by atoms with van der Waals surface area (Å²) in [7, 11) is 0. The van der Waals surface area contributed by atoms with Crippen LogP contribution in [-0.2, 0) is 0 Å². The fourth-order valence-electron chi connectivity index (χ4n) is 2.00. The van der Waals surface area contributed by atoms with Crippen molar-refractivity contribution in [2.45, 2.75) is 0 Å². The summed E-state index contributed by atoms with van der Waals surface area (Å²) in [5.74, 6) is -1.10. The molecule has 20 heavy (non-hydrogen) atoms. The number of fused-ring (bicyclic) bond motifs is 1. The largest absolute Gasteiger partial charge is 0.476 e. The lowest BCUT2D eigenvalue weighted by Crippen LogP contribution is -1.98. The SMILES string of the molecule is O=C(O)c1n[nH]nc1C=Cc1ccc2ccccc2c1. The van der Waals surface area contributed by atoms with Gasteiger partial charge in [-0.05, 0) is 28.5 Å². The van der Waals surface area contributed by atoms with Gasteiger partial charge in [0, 0.05) is 0 Å². The van der Waals surface area contributed by atoms with Crippen molar-refractivity contribution in [3.8, 4) is 0 Å². The van der Waals surface area contributed by atoms with E-state index in [0.717, 1.165) is 16.3 Å². The van der Waals surface area contributed by atoms with Crippen LogP contribution in [-0.4, -0.2) is 26.5 Å². The van der Waals surface area contributed by atoms with Gasteiger partial charge >= 0.3 is 5.97 Å². The average molecular weight is 265 g/mol. The Kier molecular flexibility index (Phi) is 3.01. The standard InChI is InChI=1S/C15H11N3O2/c19-15(20)14-13(16-18-17-14)8-6-10-5-7-11-3-1-2-4-12(11)9-10/h1-9H,(H,19,20)(H,16,17,18). The number of rotatable bonds is 3. The summed E-state index contributed by atoms with van der Waals surface area (Å²) in [6, 6.07) is 14.1. The Balaban J connectivity index is 1.94. The highest BCUT2D eigenvalue weighted by atomic mass is 16.4. The van der Waals surface area contributed by atoms with E-state index in [1.807, 2.05) is 48.5 Å². The summed E-state index contributed by atoms with van der Waals surface area (Å²) >= 11 is 0. The highest BCUT2D eigenvalue weighted by Gasteiger charge is 2.12. The van der Waals surface area contributed by atoms with Gasteiger partial charge in [-0.15, -0.1) is 5.10 Å². The van der Waals surface area contributed by atoms with Crippen LogP contribution in [0.4, 0.5) is 0 Å². The number of hydrogen-bond donors (Lipinski definition) is 2. The highest BCUT2D eigenvalue weighted by Crippen LogP contribution is 2.17. The second kappa shape index (κ2) is 4.97. The molecule has 0 aliphatic heterocycles. The molecule has 2 N–H and O–H groups in total. The first-order valence-electron chi connectivity index (χ1n) is 6.05. The summed E-state index contributed by atoms with van der Waals surface area (Å²) in [6.45, 7) is 0. The normalized spacial score (nSPS) is 11.2. The third kappa shape index (κ3) is 2.29. The maximum Gasteiger partial charge on any atom is 0.358 e. The molecule has 5 nitrogen and oxygen atoms in total. The van der Waals surface area contributed by atoms with Gasteiger partial charge in [0.1, 0.15) is 5.69 Å². The van der Waals surface area contributed by atoms with E-state index in [1.54, 1.807) is 6.08 Å². The van der Waals surface area contributed by atoms with Crippen molar-refractivity contribution < 1.29 is 9.90 Å². The first-order valence-corrected chi connectivity index (χ1v) is 6.05. The van der Waals surface area contributed by atoms with Crippen molar-refractivity contribution in [3.63, 3.8) is 0 Å². The van der Waals surface area contributed by atoms with Crippen LogP contribution in [0, 0.1) is 0 Å². The van der Waals surface area contributed by atoms with E-state index in [4.69, 9.17) is 5.11 Å². The zero-order chi connectivity index (χ0) is 13.9. The van der Waals surface area contributed by atoms with E-state index in [9.17, 15) is 4.79 Å². The summed E-state index contributed by atoms with van der Waals surface area (Å²) < 4.78 is 0. The molecular weight excluding hydrogens is 254 g/mol. The van der Waals surface area contributed by atoms with Crippen LogP contribution in [0.15, 0.2) is 42.5 Å². The maximum atomic E-state index is 10.9. The molecule has 98 valence electrons. The molecule has 1 heterocycles. The molecule has 0 atom stereocenters. The predicted octanol–water partition coefficient (Wildman–Crippen LogP) is 2.83. The lowest BCUT2D eigenvalue weighted by molar-refractivity contribution is 0.0690. The van der Waals surface area contributed by atoms with Crippen LogP contribution in [0.3, 0.4) is 0 Å². The molecule has 0 spiro atoms. The van der Waals surface area contributed by atoms with Crippen molar-refractivity contribution in [2.24, 2.45) is 0 Å². The Morgan fingerprint density at radius 3 is 2.65 bits per heavy atom. The Morgan fingerprint density at radius 2 is 1.85 bits per heavy atom. The van der Waals surface area contributed by atoms with Gasteiger partial charge in [0.25, 0.3) is 0 Å². The Bertz CT molecular complexity index is 805. The topological polar surface area (TPSA) is 78.9 Å². The Morgan fingerprint density at radius 1 is 1.05 bits per heavy atom. The van der Waals surface area contributed by atoms with Crippen molar-refractivity contribution in [1.82, 2.24) is 15.4 Å². The van der Waals surface area contributed by atoms with Gasteiger partial charge in [-0.2, -0.15) is 10.3 Å². The molecule has 0 saturated carbocycles. The number of aromatic nitrogens is 3. The van der Waals surface area contributed by atoms with Crippen molar-refractivity contribution >= 4 is 28.9 Å². The predicted molar refractivity (Wildman–Crippen MR) is 76.2 cm³/mol. The molecule has 3 rings (SSSR count). The number of carboxylic acids is 1. The molecule has 2 aromatic carbocycles. The Labute approximate surface area is 114 Å². The number of aromatic amines is 1. The molecule has 0 amide bonds. The van der Waals surface area contributed by atoms with Crippen LogP contribution >= 0.6 is 0 Å². The number of benzene rings is 2. The van der Waals surface area contributed by atoms with Crippen LogP contribution < -0.4 is 0 Å². The number of nitrogens with zero attached hydrogens (tertiary/aromatic N) is 2. The average Bonchev–Trinajstić information content (AvgIpc) is 2.93. The second-order valence-corrected chi connectivity index (χ2v) is 4.30. The quantitative estimate of drug-likeness (QED) is 0.763. The number of carboxylic acid groups (broad SMARTS) is 1. The molecule has 0 fully saturated rings. The van der Waals surface area contributed by atoms with Crippen molar-refractivity contribution in [3.05, 3.63) is 59.4 Å². The first kappa shape index (κ1) is 12.1. The Hall–Kier alpha value is -2.95. The molecule has 3 aromatic rings. The van der Waals surface area contributed by atoms with Gasteiger partial charge in [0.05, 0.1) is 0 Å². The van der Waals surface area contributed by atoms with Gasteiger partial charge < -0.3 is 5.11 Å². The molecule has 0 radical (unpaired) electrons. The van der Waals surface area contributed by atoms with E-state index in [2.05, 4.69) is 15.4 Å². The minimum atomic E-state index is -1.10. The van der Waals surface area contributed by atoms with Crippen LogP contribution in [0.2, 0.25) is 0 Å². The maximum absolute atomic E-state index is 10.9. The van der Waals surface area contributed by atoms with Gasteiger partial charge in [-0.25, -0.2) is 4.79 Å². The van der Waals surface area contributed by atoms with Gasteiger partial charge in [-0.1, -0.05) is 42.5 Å². The lowest BCUT2D eigenvalue weighted by atomic mass is 10.1. The van der Waals surface area contributed by atoms with Gasteiger partial charge in [0.2, 0.25) is 0 Å². The molecule has 0 unspecified atom stereocenters. The minimum Gasteiger partial charge on any atom is -0.476 e. The molecule has 0 bridgehead atoms. The fraction of sp³-hybridized carbons (Fsp3) is 0. The second-order valence-electron chi connectivity index (χ2n) is 4.30. The van der Waals surface area contributed by atoms with E-state index < -0.39 is 5.97 Å². The number of nitrogens with one attached hydrogen (secondary N) is 1. The monoisotopic (exact) mass is 265 g/mol. The van der Waals surface area contributed by atoms with Crippen LogP contribution in [0.5, 0.6) is 0 Å². The molecule has 0 aliphatic carbocycles. The number of hydrogen-bond acceptors (Lipinski definition) is 3. The van der Waals surface area contributed by atoms with Gasteiger partial charge in [-0.3, -0.25) is 0 Å². The number of carbonyl (C=O) groups is 1. The summed E-state index contributed by atoms with van der Waals surface area (Å²) in [5.41, 5.74) is 1.20. The van der Waals surface area contributed by atoms with Crippen LogP contribution in [0.25, 0.3) is 22.9 Å². The van der Waals surface area contributed by atoms with Gasteiger partial charge in [0.15, 0.2) is 5.69 Å². The number of aromatic carboxylic acids is 1. The van der Waals surface area contributed by atoms with Crippen molar-refractivity contribution in [1.29, 1.82) is 0 Å². The fourth-order valence-corrected chi connectivity index (χ4v) is 2.00. The molecule has 5 heteroatoms. The van der Waals surface area contributed by atoms with E-state index in [1.165, 1.54) is 0 Å². The molecule has 0 aliphatic rings. The number of H-pyrrole nitrogens is 1. The van der Waals surface area contributed by atoms with Crippen molar-refractivity contribution in [2.75, 3.05) is 0 Å². The molecule has 1 aromatic heterocycles. The third-order valence-corrected chi connectivity index (χ3v) is 2.98. The first-order chi connectivity index (χ1) is 9.74. The highest BCUT2D eigenvalue weighted by molar-refractivity contribution is 5.91. The zero-order valence-electron chi connectivity index (χ0n) is 10.4. The third-order valence-electron chi connectivity index (χ3n) is 2.98. The van der Waals surface area contributed by atoms with E-state index >= 15 is 0 Å². The smallest absolute Gasteiger partial charge is 0.358 e.